The number of rotatable bonds is 10. The van der Waals surface area contributed by atoms with Crippen LogP contribution in [0.15, 0.2) is 12.3 Å². The molecule has 0 aromatic carbocycles. The molecule has 2 atom stereocenters. The van der Waals surface area contributed by atoms with Crippen molar-refractivity contribution in [2.24, 2.45) is 11.7 Å². The van der Waals surface area contributed by atoms with Gasteiger partial charge in [0.05, 0.1) is 13.1 Å². The Bertz CT molecular complexity index is 1560. The van der Waals surface area contributed by atoms with E-state index >= 15 is 0 Å². The molecule has 17 heteroatoms. The molecule has 1 unspecified atom stereocenters. The van der Waals surface area contributed by atoms with Crippen LogP contribution in [0, 0.1) is 29.6 Å². The van der Waals surface area contributed by atoms with Crippen LogP contribution in [0.4, 0.5) is 13.6 Å². The second kappa shape index (κ2) is 14.3. The van der Waals surface area contributed by atoms with Crippen molar-refractivity contribution in [1.29, 1.82) is 0 Å². The van der Waals surface area contributed by atoms with E-state index in [2.05, 4.69) is 23.7 Å². The van der Waals surface area contributed by atoms with Crippen LogP contribution in [0.1, 0.15) is 37.9 Å². The number of amides is 3. The fourth-order valence-electron chi connectivity index (χ4n) is 4.36. The molecular formula is C26H35F2N5O8S2. The summed E-state index contributed by atoms with van der Waals surface area (Å²) in [6.07, 6.45) is 1.16. The summed E-state index contributed by atoms with van der Waals surface area (Å²) in [4.78, 5) is 38.0. The topological polar surface area (TPSA) is 189 Å². The number of carbonyl (C=O) groups excluding carboxylic acids is 3. The van der Waals surface area contributed by atoms with Crippen LogP contribution < -0.4 is 11.2 Å². The van der Waals surface area contributed by atoms with Gasteiger partial charge in [-0.1, -0.05) is 18.8 Å². The Morgan fingerprint density at radius 1 is 1.21 bits per heavy atom. The first-order valence-electron chi connectivity index (χ1n) is 13.0. The largest absolute Gasteiger partial charge is 0.369 e. The van der Waals surface area contributed by atoms with Crippen LogP contribution in [0.5, 0.6) is 0 Å². The number of primary amides is 1. The monoisotopic (exact) mass is 647 g/mol. The van der Waals surface area contributed by atoms with E-state index in [0.717, 1.165) is 12.5 Å². The van der Waals surface area contributed by atoms with Crippen LogP contribution in [0.3, 0.4) is 0 Å². The van der Waals surface area contributed by atoms with Gasteiger partial charge in [-0.3, -0.25) is 24.3 Å². The lowest BCUT2D eigenvalue weighted by Gasteiger charge is -2.35. The van der Waals surface area contributed by atoms with Crippen LogP contribution >= 0.6 is 0 Å². The van der Waals surface area contributed by atoms with Gasteiger partial charge in [0, 0.05) is 55.5 Å². The molecule has 4 N–H and O–H groups in total. The Hall–Kier alpha value is -3.51. The molecule has 0 aliphatic carbocycles. The number of nitrogens with one attached hydrogen (secondary N) is 1. The molecule has 0 spiro atoms. The minimum atomic E-state index is -3.86. The lowest BCUT2D eigenvalue weighted by Crippen LogP contribution is -2.50. The normalized spacial score (nSPS) is 17.2. The highest BCUT2D eigenvalue weighted by Gasteiger charge is 2.44. The standard InChI is InChI=1S/C21H24F2N4O5S.C5H11NO3S/c1-21(19(28)24-30,33(2,31)32)7-8-26-13-17-9-15(12-27(17)20(26)29)5-3-4-6-16-10-25(11-16)14-18(22)23;1-3-4(5(6)7)10(2,8)9/h9,12,16,18,30H,7-8,10-11,13-14H2,1-2H3,(H,24,28);4H,3H2,1-2H3,(H2,6,7)/t;4-/m.1/s1. The lowest BCUT2D eigenvalue weighted by molar-refractivity contribution is -0.131. The van der Waals surface area contributed by atoms with Gasteiger partial charge >= 0.3 is 6.03 Å². The van der Waals surface area contributed by atoms with Gasteiger partial charge in [-0.25, -0.2) is 35.9 Å². The summed E-state index contributed by atoms with van der Waals surface area (Å²) >= 11 is 0. The predicted molar refractivity (Wildman–Crippen MR) is 152 cm³/mol. The summed E-state index contributed by atoms with van der Waals surface area (Å²) < 4.78 is 69.6. The summed E-state index contributed by atoms with van der Waals surface area (Å²) in [5, 5.41) is 7.88. The maximum Gasteiger partial charge on any atom is 0.328 e. The number of alkyl halides is 2. The zero-order valence-corrected chi connectivity index (χ0v) is 25.8. The minimum Gasteiger partial charge on any atom is -0.369 e. The number of likely N-dealkylation sites (tertiary alicyclic amines) is 1. The maximum atomic E-state index is 12.6. The molecule has 0 saturated carbocycles. The Balaban J connectivity index is 0.000000553. The van der Waals surface area contributed by atoms with Crippen LogP contribution in [-0.2, 0) is 35.8 Å². The molecule has 0 bridgehead atoms. The lowest BCUT2D eigenvalue weighted by atomic mass is 10.0. The number of hydroxylamine groups is 1. The molecule has 1 fully saturated rings. The number of hydrogen-bond donors (Lipinski definition) is 3. The van der Waals surface area contributed by atoms with Crippen molar-refractivity contribution in [2.75, 3.05) is 38.7 Å². The number of aromatic nitrogens is 1. The van der Waals surface area contributed by atoms with Crippen LogP contribution in [-0.4, -0.2) is 109 Å². The van der Waals surface area contributed by atoms with Crippen molar-refractivity contribution >= 4 is 37.5 Å². The van der Waals surface area contributed by atoms with E-state index in [0.29, 0.717) is 24.3 Å². The molecule has 2 aliphatic rings. The Labute approximate surface area is 249 Å². The SMILES string of the molecule is CC(CCN1Cc2cc(C#CC#CC3CN(CC(F)F)C3)cn2C1=O)(C(=O)NO)S(C)(=O)=O.CC[C@H](C(N)=O)S(C)(=O)=O. The van der Waals surface area contributed by atoms with Gasteiger partial charge in [-0.15, -0.1) is 0 Å². The third-order valence-electron chi connectivity index (χ3n) is 7.09. The van der Waals surface area contributed by atoms with Crippen LogP contribution in [0.2, 0.25) is 0 Å². The van der Waals surface area contributed by atoms with Gasteiger partial charge in [-0.05, 0) is 37.7 Å². The quantitative estimate of drug-likeness (QED) is 0.176. The number of sulfone groups is 2. The molecule has 238 valence electrons. The molecule has 3 heterocycles. The number of hydrogen-bond acceptors (Lipinski definition) is 9. The molecule has 3 rings (SSSR count). The van der Waals surface area contributed by atoms with E-state index in [1.165, 1.54) is 21.9 Å². The van der Waals surface area contributed by atoms with Gasteiger partial charge < -0.3 is 10.6 Å². The van der Waals surface area contributed by atoms with Crippen molar-refractivity contribution in [3.8, 4) is 23.7 Å². The second-order valence-electron chi connectivity index (χ2n) is 10.4. The summed E-state index contributed by atoms with van der Waals surface area (Å²) in [5.74, 6) is 9.38. The van der Waals surface area contributed by atoms with Crippen molar-refractivity contribution in [1.82, 2.24) is 19.8 Å². The molecule has 43 heavy (non-hydrogen) atoms. The average Bonchev–Trinajstić information content (AvgIpc) is 3.39. The molecule has 1 saturated heterocycles. The first-order chi connectivity index (χ1) is 19.8. The van der Waals surface area contributed by atoms with Crippen LogP contribution in [0.25, 0.3) is 0 Å². The van der Waals surface area contributed by atoms with E-state index in [9.17, 15) is 40.0 Å². The van der Waals surface area contributed by atoms with Gasteiger partial charge in [0.1, 0.15) is 5.25 Å². The summed E-state index contributed by atoms with van der Waals surface area (Å²) in [7, 11) is -7.14. The molecule has 3 amide bonds. The summed E-state index contributed by atoms with van der Waals surface area (Å²) in [5.41, 5.74) is 7.44. The maximum absolute atomic E-state index is 12.6. The number of halogens is 2. The van der Waals surface area contributed by atoms with Crippen molar-refractivity contribution < 1.29 is 45.2 Å². The van der Waals surface area contributed by atoms with Gasteiger partial charge in [0.15, 0.2) is 24.4 Å². The minimum absolute atomic E-state index is 0.00600. The van der Waals surface area contributed by atoms with Crippen molar-refractivity contribution in [3.63, 3.8) is 0 Å². The van der Waals surface area contributed by atoms with E-state index in [-0.39, 0.29) is 44.4 Å². The Morgan fingerprint density at radius 2 is 1.84 bits per heavy atom. The zero-order valence-electron chi connectivity index (χ0n) is 24.1. The summed E-state index contributed by atoms with van der Waals surface area (Å²) in [6, 6.07) is 1.34. The second-order valence-corrected chi connectivity index (χ2v) is 15.1. The Morgan fingerprint density at radius 3 is 2.28 bits per heavy atom. The number of nitrogens with two attached hydrogens (primary N) is 1. The first kappa shape index (κ1) is 35.7. The highest BCUT2D eigenvalue weighted by molar-refractivity contribution is 7.93. The van der Waals surface area contributed by atoms with E-state index < -0.39 is 47.9 Å². The van der Waals surface area contributed by atoms with E-state index in [1.807, 2.05) is 0 Å². The van der Waals surface area contributed by atoms with E-state index in [4.69, 9.17) is 10.9 Å². The highest BCUT2D eigenvalue weighted by atomic mass is 32.2. The third-order valence-corrected chi connectivity index (χ3v) is 10.7. The van der Waals surface area contributed by atoms with E-state index in [1.54, 1.807) is 24.1 Å². The predicted octanol–water partition coefficient (Wildman–Crippen LogP) is -0.183. The smallest absolute Gasteiger partial charge is 0.328 e. The molecule has 1 aromatic heterocycles. The number of nitrogens with zero attached hydrogens (tertiary/aromatic N) is 3. The fourth-order valence-corrected chi connectivity index (χ4v) is 6.23. The first-order valence-corrected chi connectivity index (χ1v) is 16.8. The van der Waals surface area contributed by atoms with Gasteiger partial charge in [-0.2, -0.15) is 0 Å². The van der Waals surface area contributed by atoms with Crippen molar-refractivity contribution in [2.45, 2.75) is 49.7 Å². The van der Waals surface area contributed by atoms with Gasteiger partial charge in [0.2, 0.25) is 5.91 Å². The number of fused-ring (bicyclic) bond motifs is 1. The molecule has 0 radical (unpaired) electrons. The Kier molecular flexibility index (Phi) is 11.9. The van der Waals surface area contributed by atoms with Crippen molar-refractivity contribution in [3.05, 3.63) is 23.5 Å². The number of carbonyl (C=O) groups is 3. The summed E-state index contributed by atoms with van der Waals surface area (Å²) in [6.45, 7) is 3.78. The zero-order chi connectivity index (χ0) is 32.8. The average molecular weight is 648 g/mol. The van der Waals surface area contributed by atoms with Gasteiger partial charge in [0.25, 0.3) is 12.3 Å². The molecular weight excluding hydrogens is 612 g/mol. The molecule has 13 nitrogen and oxygen atoms in total. The molecule has 2 aliphatic heterocycles. The fraction of sp³-hybridized carbons (Fsp3) is 0.577. The third kappa shape index (κ3) is 9.24. The molecule has 1 aromatic rings. The highest BCUT2D eigenvalue weighted by Crippen LogP contribution is 2.25.